The first-order valence-corrected chi connectivity index (χ1v) is 5.25. The number of hydrogen-bond acceptors (Lipinski definition) is 4. The van der Waals surface area contributed by atoms with Gasteiger partial charge in [0.15, 0.2) is 0 Å². The van der Waals surface area contributed by atoms with Gasteiger partial charge in [0.1, 0.15) is 0 Å². The van der Waals surface area contributed by atoms with E-state index in [1.165, 1.54) is 18.2 Å². The molecule has 1 heterocycles. The van der Waals surface area contributed by atoms with Crippen molar-refractivity contribution in [1.82, 2.24) is 4.90 Å². The summed E-state index contributed by atoms with van der Waals surface area (Å²) in [4.78, 5) is 34.3. The lowest BCUT2D eigenvalue weighted by molar-refractivity contribution is -0.384. The molecule has 1 fully saturated rings. The number of hydrogen-bond donors (Lipinski definition) is 0. The SMILES string of the molecule is C=C1CC(=O)N(Cc2cccc([N+](=O)[O-])c2)C1=O. The van der Waals surface area contributed by atoms with E-state index in [0.29, 0.717) is 5.56 Å². The fourth-order valence-electron chi connectivity index (χ4n) is 1.77. The number of likely N-dealkylation sites (tertiary alicyclic amines) is 1. The number of carbonyl (C=O) groups is 2. The smallest absolute Gasteiger partial charge is 0.269 e. The van der Waals surface area contributed by atoms with Crippen molar-refractivity contribution in [2.45, 2.75) is 13.0 Å². The van der Waals surface area contributed by atoms with Gasteiger partial charge in [-0.15, -0.1) is 0 Å². The molecule has 1 aromatic rings. The second-order valence-corrected chi connectivity index (χ2v) is 3.99. The summed E-state index contributed by atoms with van der Waals surface area (Å²) in [6, 6.07) is 5.86. The highest BCUT2D eigenvalue weighted by molar-refractivity contribution is 6.12. The van der Waals surface area contributed by atoms with Crippen LogP contribution in [0.1, 0.15) is 12.0 Å². The van der Waals surface area contributed by atoms with Gasteiger partial charge in [-0.2, -0.15) is 0 Å². The van der Waals surface area contributed by atoms with E-state index in [1.807, 2.05) is 0 Å². The highest BCUT2D eigenvalue weighted by Crippen LogP contribution is 2.21. The lowest BCUT2D eigenvalue weighted by Gasteiger charge is -2.13. The Morgan fingerprint density at radius 1 is 1.39 bits per heavy atom. The van der Waals surface area contributed by atoms with Crippen LogP contribution in [-0.2, 0) is 16.1 Å². The first kappa shape index (κ1) is 12.0. The number of nitro groups is 1. The first-order valence-electron chi connectivity index (χ1n) is 5.25. The lowest BCUT2D eigenvalue weighted by atomic mass is 10.2. The normalized spacial score (nSPS) is 15.3. The molecule has 2 rings (SSSR count). The van der Waals surface area contributed by atoms with Gasteiger partial charge in [-0.3, -0.25) is 24.6 Å². The van der Waals surface area contributed by atoms with Crippen molar-refractivity contribution in [3.63, 3.8) is 0 Å². The van der Waals surface area contributed by atoms with Gasteiger partial charge in [-0.25, -0.2) is 0 Å². The number of carbonyl (C=O) groups excluding carboxylic acids is 2. The van der Waals surface area contributed by atoms with Gasteiger partial charge < -0.3 is 0 Å². The number of benzene rings is 1. The summed E-state index contributed by atoms with van der Waals surface area (Å²) in [7, 11) is 0. The van der Waals surface area contributed by atoms with E-state index in [9.17, 15) is 19.7 Å². The van der Waals surface area contributed by atoms with Crippen molar-refractivity contribution < 1.29 is 14.5 Å². The first-order chi connectivity index (χ1) is 8.49. The van der Waals surface area contributed by atoms with Crippen LogP contribution in [0.25, 0.3) is 0 Å². The molecule has 0 radical (unpaired) electrons. The van der Waals surface area contributed by atoms with E-state index in [4.69, 9.17) is 0 Å². The highest BCUT2D eigenvalue weighted by atomic mass is 16.6. The van der Waals surface area contributed by atoms with Gasteiger partial charge in [0.25, 0.3) is 11.6 Å². The Morgan fingerprint density at radius 2 is 2.11 bits per heavy atom. The van der Waals surface area contributed by atoms with Crippen LogP contribution in [0, 0.1) is 10.1 Å². The van der Waals surface area contributed by atoms with E-state index < -0.39 is 10.8 Å². The standard InChI is InChI=1S/C12H10N2O4/c1-8-5-11(15)13(12(8)16)7-9-3-2-4-10(6-9)14(17)18/h2-4,6H,1,5,7H2. The van der Waals surface area contributed by atoms with Crippen molar-refractivity contribution in [3.8, 4) is 0 Å². The van der Waals surface area contributed by atoms with Gasteiger partial charge in [-0.1, -0.05) is 18.7 Å². The minimum atomic E-state index is -0.518. The number of imide groups is 1. The number of rotatable bonds is 3. The van der Waals surface area contributed by atoms with E-state index >= 15 is 0 Å². The zero-order valence-electron chi connectivity index (χ0n) is 9.46. The Balaban J connectivity index is 2.22. The van der Waals surface area contributed by atoms with Crippen LogP contribution in [0.5, 0.6) is 0 Å². The fraction of sp³-hybridized carbons (Fsp3) is 0.167. The van der Waals surface area contributed by atoms with Crippen molar-refractivity contribution in [1.29, 1.82) is 0 Å². The van der Waals surface area contributed by atoms with E-state index in [0.717, 1.165) is 4.90 Å². The molecular formula is C12H10N2O4. The van der Waals surface area contributed by atoms with E-state index in [1.54, 1.807) is 6.07 Å². The minimum Gasteiger partial charge on any atom is -0.274 e. The molecule has 0 saturated carbocycles. The Kier molecular flexibility index (Phi) is 2.93. The van der Waals surface area contributed by atoms with Crippen molar-refractivity contribution in [2.24, 2.45) is 0 Å². The van der Waals surface area contributed by atoms with E-state index in [2.05, 4.69) is 6.58 Å². The molecule has 6 nitrogen and oxygen atoms in total. The Labute approximate surface area is 103 Å². The lowest BCUT2D eigenvalue weighted by Crippen LogP contribution is -2.28. The zero-order valence-corrected chi connectivity index (χ0v) is 9.46. The maximum atomic E-state index is 11.6. The number of nitro benzene ring substituents is 1. The molecule has 2 amide bonds. The third kappa shape index (κ3) is 2.13. The number of nitrogens with zero attached hydrogens (tertiary/aromatic N) is 2. The van der Waals surface area contributed by atoms with Gasteiger partial charge in [0.2, 0.25) is 5.91 Å². The van der Waals surface area contributed by atoms with Crippen molar-refractivity contribution in [3.05, 3.63) is 52.1 Å². The van der Waals surface area contributed by atoms with Crippen LogP contribution >= 0.6 is 0 Å². The third-order valence-corrected chi connectivity index (χ3v) is 2.68. The molecule has 1 saturated heterocycles. The van der Waals surface area contributed by atoms with Crippen LogP contribution in [0.15, 0.2) is 36.4 Å². The molecule has 18 heavy (non-hydrogen) atoms. The second-order valence-electron chi connectivity index (χ2n) is 3.99. The summed E-state index contributed by atoms with van der Waals surface area (Å²) in [6.07, 6.45) is 0.0216. The van der Waals surface area contributed by atoms with Gasteiger partial charge in [0.05, 0.1) is 17.9 Å². The van der Waals surface area contributed by atoms with Crippen molar-refractivity contribution in [2.75, 3.05) is 0 Å². The zero-order chi connectivity index (χ0) is 13.3. The molecule has 92 valence electrons. The number of amides is 2. The second kappa shape index (κ2) is 4.40. The third-order valence-electron chi connectivity index (χ3n) is 2.68. The monoisotopic (exact) mass is 246 g/mol. The molecule has 0 aliphatic carbocycles. The molecule has 1 aliphatic heterocycles. The number of non-ortho nitro benzene ring substituents is 1. The van der Waals surface area contributed by atoms with Gasteiger partial charge >= 0.3 is 0 Å². The summed E-state index contributed by atoms with van der Waals surface area (Å²) >= 11 is 0. The Hall–Kier alpha value is -2.50. The molecular weight excluding hydrogens is 236 g/mol. The van der Waals surface area contributed by atoms with Crippen LogP contribution in [-0.4, -0.2) is 21.6 Å². The quantitative estimate of drug-likeness (QED) is 0.349. The maximum absolute atomic E-state index is 11.6. The van der Waals surface area contributed by atoms with Crippen LogP contribution in [0.4, 0.5) is 5.69 Å². The Bertz CT molecular complexity index is 565. The molecule has 0 aromatic heterocycles. The Morgan fingerprint density at radius 3 is 2.67 bits per heavy atom. The summed E-state index contributed by atoms with van der Waals surface area (Å²) in [6.45, 7) is 3.54. The molecule has 0 unspecified atom stereocenters. The predicted octanol–water partition coefficient (Wildman–Crippen LogP) is 1.41. The molecule has 6 heteroatoms. The van der Waals surface area contributed by atoms with Gasteiger partial charge in [0, 0.05) is 17.7 Å². The summed E-state index contributed by atoms with van der Waals surface area (Å²) in [5.74, 6) is -0.733. The van der Waals surface area contributed by atoms with Gasteiger partial charge in [-0.05, 0) is 5.56 Å². The average molecular weight is 246 g/mol. The van der Waals surface area contributed by atoms with E-state index in [-0.39, 0.29) is 30.1 Å². The highest BCUT2D eigenvalue weighted by Gasteiger charge is 2.32. The average Bonchev–Trinajstić information content (AvgIpc) is 2.56. The molecule has 1 aliphatic rings. The summed E-state index contributed by atoms with van der Waals surface area (Å²) < 4.78 is 0. The summed E-state index contributed by atoms with van der Waals surface area (Å²) in [5, 5.41) is 10.6. The molecule has 1 aromatic carbocycles. The maximum Gasteiger partial charge on any atom is 0.269 e. The molecule has 0 spiro atoms. The molecule has 0 N–H and O–H groups in total. The molecule has 0 atom stereocenters. The minimum absolute atomic E-state index is 0.0216. The topological polar surface area (TPSA) is 80.5 Å². The van der Waals surface area contributed by atoms with Crippen molar-refractivity contribution >= 4 is 17.5 Å². The van der Waals surface area contributed by atoms with Crippen LogP contribution < -0.4 is 0 Å². The fourth-order valence-corrected chi connectivity index (χ4v) is 1.77. The largest absolute Gasteiger partial charge is 0.274 e. The summed E-state index contributed by atoms with van der Waals surface area (Å²) in [5.41, 5.74) is 0.733. The molecule has 0 bridgehead atoms. The van der Waals surface area contributed by atoms with Crippen LogP contribution in [0.3, 0.4) is 0 Å². The predicted molar refractivity (Wildman–Crippen MR) is 62.4 cm³/mol. The van der Waals surface area contributed by atoms with Crippen LogP contribution in [0.2, 0.25) is 0 Å².